The van der Waals surface area contributed by atoms with E-state index in [1.807, 2.05) is 0 Å². The van der Waals surface area contributed by atoms with E-state index in [0.29, 0.717) is 6.04 Å². The lowest BCUT2D eigenvalue weighted by molar-refractivity contribution is 0.281. The van der Waals surface area contributed by atoms with Crippen molar-refractivity contribution in [1.29, 1.82) is 0 Å². The molecule has 0 aromatic heterocycles. The molecule has 0 heterocycles. The third-order valence-electron chi connectivity index (χ3n) is 4.46. The average molecular weight is 288 g/mol. The van der Waals surface area contributed by atoms with Crippen molar-refractivity contribution in [2.45, 2.75) is 64.5 Å². The lowest BCUT2D eigenvalue weighted by Gasteiger charge is -2.26. The van der Waals surface area contributed by atoms with Gasteiger partial charge in [-0.3, -0.25) is 0 Å². The molecule has 1 fully saturated rings. The second-order valence-electron chi connectivity index (χ2n) is 7.55. The normalized spacial score (nSPS) is 17.2. The van der Waals surface area contributed by atoms with Crippen LogP contribution in [0.5, 0.6) is 0 Å². The second kappa shape index (κ2) is 6.93. The van der Waals surface area contributed by atoms with Gasteiger partial charge in [0, 0.05) is 18.6 Å². The molecule has 0 aliphatic heterocycles. The van der Waals surface area contributed by atoms with Gasteiger partial charge in [-0.15, -0.1) is 0 Å². The molecule has 0 amide bonds. The number of nitrogens with one attached hydrogen (secondary N) is 1. The SMILES string of the molecule is CCCNC(CN(C)C1CC1)c1ccc(C(C)(C)C)cc1. The Kier molecular flexibility index (Phi) is 5.45. The zero-order valence-electron chi connectivity index (χ0n) is 14.4. The summed E-state index contributed by atoms with van der Waals surface area (Å²) in [6.07, 6.45) is 3.93. The number of nitrogens with zero attached hydrogens (tertiary/aromatic N) is 1. The maximum atomic E-state index is 3.72. The molecule has 1 aromatic carbocycles. The lowest BCUT2D eigenvalue weighted by atomic mass is 9.86. The Hall–Kier alpha value is -0.860. The third kappa shape index (κ3) is 4.82. The van der Waals surface area contributed by atoms with Crippen LogP contribution in [0.4, 0.5) is 0 Å². The topological polar surface area (TPSA) is 15.3 Å². The van der Waals surface area contributed by atoms with Gasteiger partial charge in [-0.05, 0) is 49.4 Å². The van der Waals surface area contributed by atoms with E-state index in [9.17, 15) is 0 Å². The summed E-state index contributed by atoms with van der Waals surface area (Å²) < 4.78 is 0. The summed E-state index contributed by atoms with van der Waals surface area (Å²) in [4.78, 5) is 2.52. The number of rotatable bonds is 7. The van der Waals surface area contributed by atoms with Crippen LogP contribution in [0, 0.1) is 0 Å². The minimum absolute atomic E-state index is 0.232. The van der Waals surface area contributed by atoms with Crippen molar-refractivity contribution >= 4 is 0 Å². The minimum atomic E-state index is 0.232. The average Bonchev–Trinajstić information content (AvgIpc) is 3.27. The number of benzene rings is 1. The standard InChI is InChI=1S/C19H32N2/c1-6-13-20-18(14-21(5)17-11-12-17)15-7-9-16(10-8-15)19(2,3)4/h7-10,17-18,20H,6,11-14H2,1-5H3. The fourth-order valence-corrected chi connectivity index (χ4v) is 2.77. The summed E-state index contributed by atoms with van der Waals surface area (Å²) in [5.41, 5.74) is 3.07. The molecule has 1 N–H and O–H groups in total. The molecule has 0 radical (unpaired) electrons. The van der Waals surface area contributed by atoms with Crippen molar-refractivity contribution in [2.24, 2.45) is 0 Å². The summed E-state index contributed by atoms with van der Waals surface area (Å²) in [5.74, 6) is 0. The van der Waals surface area contributed by atoms with Gasteiger partial charge in [-0.1, -0.05) is 52.0 Å². The molecule has 1 atom stereocenters. The van der Waals surface area contributed by atoms with Crippen LogP contribution in [-0.2, 0) is 5.41 Å². The lowest BCUT2D eigenvalue weighted by Crippen LogP contribution is -2.34. The van der Waals surface area contributed by atoms with Crippen molar-refractivity contribution in [3.63, 3.8) is 0 Å². The van der Waals surface area contributed by atoms with Gasteiger partial charge in [-0.2, -0.15) is 0 Å². The van der Waals surface area contributed by atoms with Crippen LogP contribution in [-0.4, -0.2) is 31.1 Å². The van der Waals surface area contributed by atoms with Crippen LogP contribution >= 0.6 is 0 Å². The zero-order chi connectivity index (χ0) is 15.5. The van der Waals surface area contributed by atoms with Crippen molar-refractivity contribution in [3.8, 4) is 0 Å². The molecule has 0 spiro atoms. The molecule has 1 unspecified atom stereocenters. The van der Waals surface area contributed by atoms with E-state index >= 15 is 0 Å². The molecule has 2 heteroatoms. The van der Waals surface area contributed by atoms with Crippen LogP contribution in [0.25, 0.3) is 0 Å². The first-order chi connectivity index (χ1) is 9.91. The Bertz CT molecular complexity index is 426. The molecule has 1 aromatic rings. The highest BCUT2D eigenvalue weighted by molar-refractivity contribution is 5.29. The van der Waals surface area contributed by atoms with Gasteiger partial charge < -0.3 is 10.2 Å². The third-order valence-corrected chi connectivity index (χ3v) is 4.46. The van der Waals surface area contributed by atoms with Gasteiger partial charge in [0.05, 0.1) is 0 Å². The smallest absolute Gasteiger partial charge is 0.0449 e. The van der Waals surface area contributed by atoms with E-state index in [4.69, 9.17) is 0 Å². The fourth-order valence-electron chi connectivity index (χ4n) is 2.77. The van der Waals surface area contributed by atoms with Crippen LogP contribution in [0.1, 0.15) is 64.1 Å². The molecular formula is C19H32N2. The highest BCUT2D eigenvalue weighted by Gasteiger charge is 2.28. The van der Waals surface area contributed by atoms with Crippen molar-refractivity contribution in [2.75, 3.05) is 20.1 Å². The van der Waals surface area contributed by atoms with Crippen LogP contribution in [0.3, 0.4) is 0 Å². The molecule has 1 aliphatic rings. The highest BCUT2D eigenvalue weighted by atomic mass is 15.2. The molecule has 118 valence electrons. The van der Waals surface area contributed by atoms with Gasteiger partial charge in [-0.25, -0.2) is 0 Å². The molecular weight excluding hydrogens is 256 g/mol. The van der Waals surface area contributed by atoms with Crippen molar-refractivity contribution in [3.05, 3.63) is 35.4 Å². The fraction of sp³-hybridized carbons (Fsp3) is 0.684. The summed E-state index contributed by atoms with van der Waals surface area (Å²) in [6, 6.07) is 10.5. The summed E-state index contributed by atoms with van der Waals surface area (Å²) in [5, 5.41) is 3.72. The Morgan fingerprint density at radius 2 is 1.81 bits per heavy atom. The van der Waals surface area contributed by atoms with Crippen LogP contribution in [0.2, 0.25) is 0 Å². The van der Waals surface area contributed by atoms with Gasteiger partial charge in [0.2, 0.25) is 0 Å². The van der Waals surface area contributed by atoms with Crippen LogP contribution in [0.15, 0.2) is 24.3 Å². The predicted molar refractivity (Wildman–Crippen MR) is 91.8 cm³/mol. The van der Waals surface area contributed by atoms with Crippen LogP contribution < -0.4 is 5.32 Å². The number of hydrogen-bond acceptors (Lipinski definition) is 2. The Labute approximate surface area is 130 Å². The largest absolute Gasteiger partial charge is 0.309 e. The predicted octanol–water partition coefficient (Wildman–Crippen LogP) is 4.12. The van der Waals surface area contributed by atoms with E-state index in [-0.39, 0.29) is 5.41 Å². The van der Waals surface area contributed by atoms with Crippen molar-refractivity contribution < 1.29 is 0 Å². The monoisotopic (exact) mass is 288 g/mol. The Morgan fingerprint density at radius 1 is 1.19 bits per heavy atom. The zero-order valence-corrected chi connectivity index (χ0v) is 14.4. The van der Waals surface area contributed by atoms with Gasteiger partial charge in [0.25, 0.3) is 0 Å². The molecule has 0 saturated heterocycles. The van der Waals surface area contributed by atoms with E-state index in [0.717, 1.165) is 19.1 Å². The van der Waals surface area contributed by atoms with E-state index in [1.165, 1.54) is 30.4 Å². The highest BCUT2D eigenvalue weighted by Crippen LogP contribution is 2.28. The summed E-state index contributed by atoms with van der Waals surface area (Å²) in [7, 11) is 2.27. The first kappa shape index (κ1) is 16.5. The Morgan fingerprint density at radius 3 is 2.29 bits per heavy atom. The van der Waals surface area contributed by atoms with Gasteiger partial charge >= 0.3 is 0 Å². The molecule has 2 rings (SSSR count). The molecule has 0 bridgehead atoms. The molecule has 21 heavy (non-hydrogen) atoms. The number of likely N-dealkylation sites (N-methyl/N-ethyl adjacent to an activating group) is 1. The molecule has 1 aliphatic carbocycles. The first-order valence-electron chi connectivity index (χ1n) is 8.46. The Balaban J connectivity index is 2.07. The minimum Gasteiger partial charge on any atom is -0.309 e. The summed E-state index contributed by atoms with van der Waals surface area (Å²) >= 11 is 0. The van der Waals surface area contributed by atoms with E-state index < -0.39 is 0 Å². The van der Waals surface area contributed by atoms with E-state index in [2.05, 4.69) is 69.2 Å². The molecule has 2 nitrogen and oxygen atoms in total. The molecule has 1 saturated carbocycles. The summed E-state index contributed by atoms with van der Waals surface area (Å²) in [6.45, 7) is 11.3. The maximum Gasteiger partial charge on any atom is 0.0449 e. The second-order valence-corrected chi connectivity index (χ2v) is 7.55. The number of hydrogen-bond donors (Lipinski definition) is 1. The van der Waals surface area contributed by atoms with E-state index in [1.54, 1.807) is 0 Å². The van der Waals surface area contributed by atoms with Crippen molar-refractivity contribution in [1.82, 2.24) is 10.2 Å². The van der Waals surface area contributed by atoms with Gasteiger partial charge in [0.1, 0.15) is 0 Å². The quantitative estimate of drug-likeness (QED) is 0.812. The maximum absolute atomic E-state index is 3.72. The first-order valence-corrected chi connectivity index (χ1v) is 8.46. The van der Waals surface area contributed by atoms with Gasteiger partial charge in [0.15, 0.2) is 0 Å².